The van der Waals surface area contributed by atoms with Gasteiger partial charge < -0.3 is 15.0 Å². The van der Waals surface area contributed by atoms with Crippen molar-refractivity contribution in [3.63, 3.8) is 0 Å². The maximum absolute atomic E-state index is 5.93. The summed E-state index contributed by atoms with van der Waals surface area (Å²) in [6.45, 7) is 7.81. The highest BCUT2D eigenvalue weighted by Gasteiger charge is 2.25. The van der Waals surface area contributed by atoms with E-state index in [-0.39, 0.29) is 6.10 Å². The Hall–Kier alpha value is -2.41. The molecule has 0 radical (unpaired) electrons. The number of aromatic nitrogens is 3. The number of pyridine rings is 1. The van der Waals surface area contributed by atoms with Crippen molar-refractivity contribution < 1.29 is 4.74 Å². The average molecular weight is 342 g/mol. The van der Waals surface area contributed by atoms with E-state index in [0.717, 1.165) is 42.4 Å². The number of ether oxygens (including phenoxy) is 1. The molecule has 134 valence electrons. The Kier molecular flexibility index (Phi) is 5.65. The molecule has 1 N–H and O–H groups in total. The molecule has 0 aromatic carbocycles. The minimum Gasteiger partial charge on any atom is -0.370 e. The lowest BCUT2D eigenvalue weighted by Gasteiger charge is -2.34. The van der Waals surface area contributed by atoms with Gasteiger partial charge in [0.05, 0.1) is 31.6 Å². The third kappa shape index (κ3) is 4.36. The fourth-order valence-electron chi connectivity index (χ4n) is 2.91. The van der Waals surface area contributed by atoms with Crippen molar-refractivity contribution in [1.82, 2.24) is 25.0 Å². The lowest BCUT2D eigenvalue weighted by molar-refractivity contribution is -0.00805. The van der Waals surface area contributed by atoms with Crippen LogP contribution in [-0.2, 0) is 18.3 Å². The zero-order valence-corrected chi connectivity index (χ0v) is 15.1. The van der Waals surface area contributed by atoms with Crippen LogP contribution in [0.3, 0.4) is 0 Å². The quantitative estimate of drug-likeness (QED) is 0.676. The van der Waals surface area contributed by atoms with Crippen LogP contribution in [0, 0.1) is 6.92 Å². The molecule has 1 unspecified atom stereocenters. The molecular weight excluding hydrogens is 316 g/mol. The van der Waals surface area contributed by atoms with Crippen LogP contribution in [0.2, 0.25) is 0 Å². The number of aryl methyl sites for hydroxylation is 2. The Morgan fingerprint density at radius 1 is 1.48 bits per heavy atom. The minimum absolute atomic E-state index is 0.0166. The third-order valence-corrected chi connectivity index (χ3v) is 4.29. The van der Waals surface area contributed by atoms with Gasteiger partial charge in [-0.3, -0.25) is 9.67 Å². The lowest BCUT2D eigenvalue weighted by atomic mass is 10.1. The largest absolute Gasteiger partial charge is 0.370 e. The number of hydrogen-bond donors (Lipinski definition) is 1. The summed E-state index contributed by atoms with van der Waals surface area (Å²) in [7, 11) is 1.92. The van der Waals surface area contributed by atoms with Gasteiger partial charge in [-0.2, -0.15) is 5.10 Å². The molecule has 1 fully saturated rings. The smallest absolute Gasteiger partial charge is 0.194 e. The highest BCUT2D eigenvalue weighted by atomic mass is 16.5. The summed E-state index contributed by atoms with van der Waals surface area (Å²) in [5, 5.41) is 7.64. The molecule has 0 amide bonds. The summed E-state index contributed by atoms with van der Waals surface area (Å²) in [5.41, 5.74) is 3.27. The standard InChI is InChI=1S/C18H26N6O/c1-4-19-18(21-11-16-14(2)6-5-7-20-16)24-8-9-25-17(13-24)15-10-22-23(3)12-15/h5-7,10,12,17H,4,8-9,11,13H2,1-3H3,(H,19,21). The third-order valence-electron chi connectivity index (χ3n) is 4.29. The summed E-state index contributed by atoms with van der Waals surface area (Å²) in [6, 6.07) is 4.02. The van der Waals surface area contributed by atoms with Crippen molar-refractivity contribution in [1.29, 1.82) is 0 Å². The Bertz CT molecular complexity index is 726. The van der Waals surface area contributed by atoms with Gasteiger partial charge in [-0.1, -0.05) is 6.07 Å². The van der Waals surface area contributed by atoms with Gasteiger partial charge in [0.15, 0.2) is 5.96 Å². The molecule has 0 aliphatic carbocycles. The number of nitrogens with zero attached hydrogens (tertiary/aromatic N) is 5. The first-order valence-corrected chi connectivity index (χ1v) is 8.71. The predicted octanol–water partition coefficient (Wildman–Crippen LogP) is 1.66. The van der Waals surface area contributed by atoms with Gasteiger partial charge in [-0.25, -0.2) is 4.99 Å². The number of guanidine groups is 1. The van der Waals surface area contributed by atoms with Gasteiger partial charge in [0.25, 0.3) is 0 Å². The highest BCUT2D eigenvalue weighted by molar-refractivity contribution is 5.80. The Morgan fingerprint density at radius 2 is 2.36 bits per heavy atom. The van der Waals surface area contributed by atoms with Crippen molar-refractivity contribution in [3.05, 3.63) is 47.5 Å². The first-order chi connectivity index (χ1) is 12.2. The molecule has 25 heavy (non-hydrogen) atoms. The fraction of sp³-hybridized carbons (Fsp3) is 0.500. The molecule has 7 heteroatoms. The number of hydrogen-bond acceptors (Lipinski definition) is 4. The van der Waals surface area contributed by atoms with Gasteiger partial charge in [-0.15, -0.1) is 0 Å². The Labute approximate surface area is 148 Å². The van der Waals surface area contributed by atoms with Gasteiger partial charge in [-0.05, 0) is 25.5 Å². The van der Waals surface area contributed by atoms with E-state index in [1.165, 1.54) is 0 Å². The molecule has 1 aliphatic rings. The van der Waals surface area contributed by atoms with Crippen LogP contribution < -0.4 is 5.32 Å². The molecule has 0 saturated carbocycles. The second-order valence-electron chi connectivity index (χ2n) is 6.19. The number of morpholine rings is 1. The zero-order chi connectivity index (χ0) is 17.6. The van der Waals surface area contributed by atoms with E-state index >= 15 is 0 Å². The lowest BCUT2D eigenvalue weighted by Crippen LogP contribution is -2.48. The van der Waals surface area contributed by atoms with Crippen molar-refractivity contribution in [2.24, 2.45) is 12.0 Å². The zero-order valence-electron chi connectivity index (χ0n) is 15.1. The fourth-order valence-corrected chi connectivity index (χ4v) is 2.91. The summed E-state index contributed by atoms with van der Waals surface area (Å²) < 4.78 is 7.73. The second-order valence-corrected chi connectivity index (χ2v) is 6.19. The Balaban J connectivity index is 1.73. The van der Waals surface area contributed by atoms with E-state index in [1.54, 1.807) is 4.68 Å². The molecular formula is C18H26N6O. The first-order valence-electron chi connectivity index (χ1n) is 8.71. The van der Waals surface area contributed by atoms with Crippen molar-refractivity contribution in [3.8, 4) is 0 Å². The normalized spacial score (nSPS) is 18.4. The predicted molar refractivity (Wildman–Crippen MR) is 97.3 cm³/mol. The molecule has 1 aliphatic heterocycles. The molecule has 3 rings (SSSR count). The van der Waals surface area contributed by atoms with E-state index in [0.29, 0.717) is 13.2 Å². The molecule has 0 spiro atoms. The van der Waals surface area contributed by atoms with E-state index in [4.69, 9.17) is 9.73 Å². The van der Waals surface area contributed by atoms with Crippen molar-refractivity contribution >= 4 is 5.96 Å². The van der Waals surface area contributed by atoms with Gasteiger partial charge in [0.1, 0.15) is 6.10 Å². The van der Waals surface area contributed by atoms with Crippen LogP contribution in [0.25, 0.3) is 0 Å². The number of aliphatic imine (C=N–C) groups is 1. The molecule has 3 heterocycles. The molecule has 0 bridgehead atoms. The van der Waals surface area contributed by atoms with E-state index in [2.05, 4.69) is 40.2 Å². The van der Waals surface area contributed by atoms with E-state index in [9.17, 15) is 0 Å². The van der Waals surface area contributed by atoms with Crippen LogP contribution in [-0.4, -0.2) is 51.9 Å². The van der Waals surface area contributed by atoms with Gasteiger partial charge in [0.2, 0.25) is 0 Å². The first kappa shape index (κ1) is 17.4. The molecule has 2 aromatic rings. The number of rotatable bonds is 4. The molecule has 7 nitrogen and oxygen atoms in total. The van der Waals surface area contributed by atoms with Gasteiger partial charge in [0, 0.05) is 38.1 Å². The average Bonchev–Trinajstić information content (AvgIpc) is 3.06. The summed E-state index contributed by atoms with van der Waals surface area (Å²) >= 11 is 0. The maximum atomic E-state index is 5.93. The topological polar surface area (TPSA) is 67.6 Å². The Morgan fingerprint density at radius 3 is 3.08 bits per heavy atom. The van der Waals surface area contributed by atoms with Crippen LogP contribution in [0.4, 0.5) is 0 Å². The molecule has 2 aromatic heterocycles. The summed E-state index contributed by atoms with van der Waals surface area (Å²) in [4.78, 5) is 11.5. The van der Waals surface area contributed by atoms with Crippen molar-refractivity contribution in [2.45, 2.75) is 26.5 Å². The van der Waals surface area contributed by atoms with Crippen LogP contribution >= 0.6 is 0 Å². The highest BCUT2D eigenvalue weighted by Crippen LogP contribution is 2.21. The second kappa shape index (κ2) is 8.11. The monoisotopic (exact) mass is 342 g/mol. The molecule has 1 saturated heterocycles. The summed E-state index contributed by atoms with van der Waals surface area (Å²) in [5.74, 6) is 0.907. The van der Waals surface area contributed by atoms with E-state index < -0.39 is 0 Å². The van der Waals surface area contributed by atoms with Crippen LogP contribution in [0.15, 0.2) is 35.7 Å². The van der Waals surface area contributed by atoms with Crippen LogP contribution in [0.5, 0.6) is 0 Å². The maximum Gasteiger partial charge on any atom is 0.194 e. The van der Waals surface area contributed by atoms with Gasteiger partial charge >= 0.3 is 0 Å². The summed E-state index contributed by atoms with van der Waals surface area (Å²) in [6.07, 6.45) is 5.71. The van der Waals surface area contributed by atoms with E-state index in [1.807, 2.05) is 31.7 Å². The molecule has 1 atom stereocenters. The number of nitrogens with one attached hydrogen (secondary N) is 1. The SMILES string of the molecule is CCNC(=NCc1ncccc1C)N1CCOC(c2cnn(C)c2)C1. The van der Waals surface area contributed by atoms with Crippen molar-refractivity contribution in [2.75, 3.05) is 26.2 Å². The minimum atomic E-state index is 0.0166. The van der Waals surface area contributed by atoms with Crippen LogP contribution in [0.1, 0.15) is 29.8 Å².